The van der Waals surface area contributed by atoms with Crippen molar-refractivity contribution in [3.05, 3.63) is 37.6 Å². The summed E-state index contributed by atoms with van der Waals surface area (Å²) in [5, 5.41) is 2.52. The zero-order valence-corrected chi connectivity index (χ0v) is 11.7. The van der Waals surface area contributed by atoms with Crippen molar-refractivity contribution in [2.45, 2.75) is 13.8 Å². The molecule has 0 N–H and O–H groups in total. The molecule has 14 heavy (non-hydrogen) atoms. The van der Waals surface area contributed by atoms with Crippen LogP contribution in [0.25, 0.3) is 10.8 Å². The first-order valence-electron chi connectivity index (χ1n) is 4.30. The average Bonchev–Trinajstić information content (AvgIpc) is 2.14. The molecule has 1 nitrogen and oxygen atoms in total. The van der Waals surface area contributed by atoms with Gasteiger partial charge in [0.2, 0.25) is 0 Å². The Labute approximate surface area is 105 Å². The molecule has 1 heterocycles. The highest BCUT2D eigenvalue weighted by atomic mass is 127. The number of aromatic nitrogens is 1. The van der Waals surface area contributed by atoms with Crippen molar-refractivity contribution in [2.24, 2.45) is 0 Å². The Morgan fingerprint density at radius 3 is 2.71 bits per heavy atom. The predicted molar refractivity (Wildman–Crippen MR) is 71.6 cm³/mol. The zero-order chi connectivity index (χ0) is 10.3. The third kappa shape index (κ3) is 1.56. The molecule has 3 heteroatoms. The van der Waals surface area contributed by atoms with Crippen LogP contribution in [0.5, 0.6) is 0 Å². The lowest BCUT2D eigenvalue weighted by atomic mass is 10.0. The van der Waals surface area contributed by atoms with E-state index < -0.39 is 0 Å². The minimum absolute atomic E-state index is 1.20. The van der Waals surface area contributed by atoms with Crippen molar-refractivity contribution >= 4 is 49.3 Å². The highest BCUT2D eigenvalue weighted by Crippen LogP contribution is 2.31. The van der Waals surface area contributed by atoms with Gasteiger partial charge in [-0.2, -0.15) is 0 Å². The fourth-order valence-corrected chi connectivity index (χ4v) is 2.85. The molecular weight excluding hydrogens is 353 g/mol. The normalized spacial score (nSPS) is 10.9. The molecule has 0 bridgehead atoms. The molecule has 1 aromatic heterocycles. The molecule has 0 radical (unpaired) electrons. The molecule has 0 unspecified atom stereocenters. The molecule has 72 valence electrons. The lowest BCUT2D eigenvalue weighted by molar-refractivity contribution is 1.31. The van der Waals surface area contributed by atoms with Crippen LogP contribution in [0.1, 0.15) is 11.1 Å². The van der Waals surface area contributed by atoms with Gasteiger partial charge >= 0.3 is 0 Å². The topological polar surface area (TPSA) is 12.9 Å². The molecule has 0 aliphatic heterocycles. The molecule has 0 amide bonds. The second-order valence-corrected chi connectivity index (χ2v) is 5.31. The van der Waals surface area contributed by atoms with E-state index in [1.165, 1.54) is 29.9 Å². The Kier molecular flexibility index (Phi) is 2.79. The molecule has 0 aliphatic carbocycles. The minimum Gasteiger partial charge on any atom is -0.263 e. The molecule has 2 rings (SSSR count). The van der Waals surface area contributed by atoms with E-state index in [0.29, 0.717) is 0 Å². The Bertz CT molecular complexity index is 508. The standard InChI is InChI=1S/C11H9BrIN/c1-6-3-8-4-14-5-9(13)10(8)7(2)11(6)12/h3-5H,1-2H3. The van der Waals surface area contributed by atoms with E-state index in [0.717, 1.165) is 0 Å². The number of pyridine rings is 1. The number of benzene rings is 1. The molecule has 0 saturated heterocycles. The van der Waals surface area contributed by atoms with Crippen molar-refractivity contribution in [2.75, 3.05) is 0 Å². The smallest absolute Gasteiger partial charge is 0.0408 e. The van der Waals surface area contributed by atoms with Gasteiger partial charge in [0.1, 0.15) is 0 Å². The van der Waals surface area contributed by atoms with E-state index in [1.54, 1.807) is 0 Å². The summed E-state index contributed by atoms with van der Waals surface area (Å²) in [4.78, 5) is 4.20. The number of rotatable bonds is 0. The summed E-state index contributed by atoms with van der Waals surface area (Å²) in [6.45, 7) is 4.25. The fourth-order valence-electron chi connectivity index (χ4n) is 1.66. The summed E-state index contributed by atoms with van der Waals surface area (Å²) in [7, 11) is 0. The Balaban J connectivity index is 2.99. The number of hydrogen-bond donors (Lipinski definition) is 0. The maximum absolute atomic E-state index is 4.20. The van der Waals surface area contributed by atoms with Gasteiger partial charge < -0.3 is 0 Å². The van der Waals surface area contributed by atoms with Crippen LogP contribution in [0.15, 0.2) is 22.9 Å². The fraction of sp³-hybridized carbons (Fsp3) is 0.182. The van der Waals surface area contributed by atoms with Gasteiger partial charge in [-0.05, 0) is 53.6 Å². The molecule has 0 atom stereocenters. The molecule has 2 aromatic rings. The van der Waals surface area contributed by atoms with Crippen LogP contribution in [0.4, 0.5) is 0 Å². The van der Waals surface area contributed by atoms with Crippen molar-refractivity contribution in [3.8, 4) is 0 Å². The van der Waals surface area contributed by atoms with Gasteiger partial charge in [0, 0.05) is 31.2 Å². The summed E-state index contributed by atoms with van der Waals surface area (Å²) in [6.07, 6.45) is 3.82. The summed E-state index contributed by atoms with van der Waals surface area (Å²) in [6, 6.07) is 2.17. The maximum atomic E-state index is 4.20. The van der Waals surface area contributed by atoms with E-state index in [1.807, 2.05) is 12.4 Å². The molecular formula is C11H9BrIN. The van der Waals surface area contributed by atoms with Crippen LogP contribution in [-0.2, 0) is 0 Å². The van der Waals surface area contributed by atoms with E-state index in [2.05, 4.69) is 63.4 Å². The lowest BCUT2D eigenvalue weighted by Crippen LogP contribution is -1.89. The number of hydrogen-bond acceptors (Lipinski definition) is 1. The predicted octanol–water partition coefficient (Wildman–Crippen LogP) is 4.22. The van der Waals surface area contributed by atoms with Crippen LogP contribution in [-0.4, -0.2) is 4.98 Å². The quantitative estimate of drug-likeness (QED) is 0.640. The van der Waals surface area contributed by atoms with Crippen LogP contribution in [0, 0.1) is 17.4 Å². The summed E-state index contributed by atoms with van der Waals surface area (Å²) < 4.78 is 2.41. The van der Waals surface area contributed by atoms with E-state index in [4.69, 9.17) is 0 Å². The molecule has 0 spiro atoms. The van der Waals surface area contributed by atoms with Crippen molar-refractivity contribution in [1.82, 2.24) is 4.98 Å². The van der Waals surface area contributed by atoms with Crippen molar-refractivity contribution in [1.29, 1.82) is 0 Å². The van der Waals surface area contributed by atoms with Gasteiger partial charge in [-0.3, -0.25) is 4.98 Å². The third-order valence-corrected chi connectivity index (χ3v) is 4.39. The second-order valence-electron chi connectivity index (χ2n) is 3.35. The molecule has 0 aliphatic rings. The van der Waals surface area contributed by atoms with Gasteiger partial charge in [0.15, 0.2) is 0 Å². The molecule has 0 fully saturated rings. The van der Waals surface area contributed by atoms with Crippen LogP contribution in [0.3, 0.4) is 0 Å². The highest BCUT2D eigenvalue weighted by molar-refractivity contribution is 14.1. The number of aryl methyl sites for hydroxylation is 2. The monoisotopic (exact) mass is 361 g/mol. The first-order chi connectivity index (χ1) is 6.61. The van der Waals surface area contributed by atoms with Gasteiger partial charge in [-0.1, -0.05) is 15.9 Å². The third-order valence-electron chi connectivity index (χ3n) is 2.35. The van der Waals surface area contributed by atoms with Crippen molar-refractivity contribution in [3.63, 3.8) is 0 Å². The van der Waals surface area contributed by atoms with Gasteiger partial charge in [0.25, 0.3) is 0 Å². The zero-order valence-electron chi connectivity index (χ0n) is 7.94. The second kappa shape index (κ2) is 3.77. The van der Waals surface area contributed by atoms with Crippen LogP contribution >= 0.6 is 38.5 Å². The van der Waals surface area contributed by atoms with Gasteiger partial charge in [-0.15, -0.1) is 0 Å². The number of halogens is 2. The first kappa shape index (κ1) is 10.4. The summed E-state index contributed by atoms with van der Waals surface area (Å²) in [5.74, 6) is 0. The average molecular weight is 362 g/mol. The van der Waals surface area contributed by atoms with Crippen LogP contribution < -0.4 is 0 Å². The number of fused-ring (bicyclic) bond motifs is 1. The van der Waals surface area contributed by atoms with E-state index in [-0.39, 0.29) is 0 Å². The van der Waals surface area contributed by atoms with Crippen LogP contribution in [0.2, 0.25) is 0 Å². The Morgan fingerprint density at radius 2 is 2.00 bits per heavy atom. The Hall–Kier alpha value is -0.160. The van der Waals surface area contributed by atoms with E-state index >= 15 is 0 Å². The molecule has 1 aromatic carbocycles. The first-order valence-corrected chi connectivity index (χ1v) is 6.17. The Morgan fingerprint density at radius 1 is 1.29 bits per heavy atom. The SMILES string of the molecule is Cc1cc2cncc(I)c2c(C)c1Br. The van der Waals surface area contributed by atoms with Crippen molar-refractivity contribution < 1.29 is 0 Å². The summed E-state index contributed by atoms with van der Waals surface area (Å²) in [5.41, 5.74) is 2.56. The molecule has 0 saturated carbocycles. The van der Waals surface area contributed by atoms with Gasteiger partial charge in [-0.25, -0.2) is 0 Å². The lowest BCUT2D eigenvalue weighted by Gasteiger charge is -2.08. The maximum Gasteiger partial charge on any atom is 0.0408 e. The number of nitrogens with zero attached hydrogens (tertiary/aromatic N) is 1. The summed E-state index contributed by atoms with van der Waals surface area (Å²) >= 11 is 5.94. The minimum atomic E-state index is 1.20. The van der Waals surface area contributed by atoms with E-state index in [9.17, 15) is 0 Å². The van der Waals surface area contributed by atoms with Gasteiger partial charge in [0.05, 0.1) is 0 Å². The highest BCUT2D eigenvalue weighted by Gasteiger charge is 2.07. The largest absolute Gasteiger partial charge is 0.263 e.